The zero-order valence-corrected chi connectivity index (χ0v) is 18.5. The van der Waals surface area contributed by atoms with E-state index < -0.39 is 0 Å². The molecular formula is C25H22N4O4. The lowest BCUT2D eigenvalue weighted by molar-refractivity contribution is 0.393. The Kier molecular flexibility index (Phi) is 4.46. The van der Waals surface area contributed by atoms with Crippen LogP contribution in [0.5, 0.6) is 11.5 Å². The van der Waals surface area contributed by atoms with Crippen molar-refractivity contribution in [3.63, 3.8) is 0 Å². The Morgan fingerprint density at radius 3 is 2.42 bits per heavy atom. The van der Waals surface area contributed by atoms with Crippen LogP contribution in [0.1, 0.15) is 24.7 Å². The van der Waals surface area contributed by atoms with Crippen molar-refractivity contribution in [3.05, 3.63) is 54.9 Å². The molecule has 0 aliphatic heterocycles. The molecule has 1 saturated carbocycles. The summed E-state index contributed by atoms with van der Waals surface area (Å²) in [6.07, 6.45) is 7.75. The quantitative estimate of drug-likeness (QED) is 0.346. The Bertz CT molecular complexity index is 1450. The van der Waals surface area contributed by atoms with Gasteiger partial charge in [-0.15, -0.1) is 10.2 Å². The summed E-state index contributed by atoms with van der Waals surface area (Å²) in [6.45, 7) is 0. The summed E-state index contributed by atoms with van der Waals surface area (Å²) in [4.78, 5) is 0. The van der Waals surface area contributed by atoms with Gasteiger partial charge in [0.05, 0.1) is 26.7 Å². The molecule has 0 radical (unpaired) electrons. The van der Waals surface area contributed by atoms with E-state index in [4.69, 9.17) is 18.3 Å². The van der Waals surface area contributed by atoms with Gasteiger partial charge >= 0.3 is 0 Å². The maximum atomic E-state index is 5.93. The van der Waals surface area contributed by atoms with E-state index in [2.05, 4.69) is 27.4 Å². The second kappa shape index (κ2) is 7.51. The highest BCUT2D eigenvalue weighted by Crippen LogP contribution is 2.45. The molecule has 166 valence electrons. The Morgan fingerprint density at radius 1 is 0.970 bits per heavy atom. The third-order valence-corrected chi connectivity index (χ3v) is 6.01. The maximum Gasteiger partial charge on any atom is 0.255 e. The number of aromatic nitrogens is 4. The first kappa shape index (κ1) is 19.6. The number of furan rings is 1. The molecule has 0 unspecified atom stereocenters. The van der Waals surface area contributed by atoms with Crippen molar-refractivity contribution in [3.8, 4) is 45.2 Å². The van der Waals surface area contributed by atoms with E-state index in [1.807, 2.05) is 37.6 Å². The molecule has 0 amide bonds. The molecule has 5 aromatic rings. The van der Waals surface area contributed by atoms with Crippen molar-refractivity contribution in [1.29, 1.82) is 0 Å². The summed E-state index contributed by atoms with van der Waals surface area (Å²) >= 11 is 0. The molecule has 0 N–H and O–H groups in total. The molecule has 3 aromatic heterocycles. The molecule has 33 heavy (non-hydrogen) atoms. The Labute approximate surface area is 189 Å². The van der Waals surface area contributed by atoms with Crippen molar-refractivity contribution in [2.45, 2.75) is 18.8 Å². The molecule has 1 aliphatic carbocycles. The predicted molar refractivity (Wildman–Crippen MR) is 122 cm³/mol. The highest BCUT2D eigenvalue weighted by molar-refractivity contribution is 5.97. The predicted octanol–water partition coefficient (Wildman–Crippen LogP) is 5.44. The fraction of sp³-hybridized carbons (Fsp3) is 0.240. The molecule has 0 spiro atoms. The Balaban J connectivity index is 1.43. The zero-order valence-electron chi connectivity index (χ0n) is 18.5. The van der Waals surface area contributed by atoms with Crippen LogP contribution >= 0.6 is 0 Å². The number of rotatable bonds is 6. The first-order valence-corrected chi connectivity index (χ1v) is 10.7. The van der Waals surface area contributed by atoms with Gasteiger partial charge in [-0.3, -0.25) is 4.68 Å². The van der Waals surface area contributed by atoms with E-state index in [1.165, 1.54) is 0 Å². The topological polar surface area (TPSA) is 88.3 Å². The second-order valence-electron chi connectivity index (χ2n) is 8.24. The van der Waals surface area contributed by atoms with Gasteiger partial charge in [0.2, 0.25) is 5.89 Å². The summed E-state index contributed by atoms with van der Waals surface area (Å²) in [7, 11) is 5.14. The third-order valence-electron chi connectivity index (χ3n) is 6.01. The van der Waals surface area contributed by atoms with E-state index in [1.54, 1.807) is 25.2 Å². The molecule has 8 nitrogen and oxygen atoms in total. The number of benzene rings is 2. The fourth-order valence-electron chi connectivity index (χ4n) is 4.11. The minimum absolute atomic E-state index is 0.372. The van der Waals surface area contributed by atoms with Crippen LogP contribution in [0.2, 0.25) is 0 Å². The van der Waals surface area contributed by atoms with Gasteiger partial charge in [-0.25, -0.2) is 0 Å². The van der Waals surface area contributed by atoms with Crippen molar-refractivity contribution >= 4 is 11.0 Å². The SMILES string of the molecule is COc1cc(-c2coc3cc(-c4cnn(C)c4)ccc23)cc(OC)c1-c1nnc(C2CC2)o1. The first-order chi connectivity index (χ1) is 16.1. The lowest BCUT2D eigenvalue weighted by atomic mass is 10.00. The first-order valence-electron chi connectivity index (χ1n) is 10.7. The highest BCUT2D eigenvalue weighted by atomic mass is 16.5. The van der Waals surface area contributed by atoms with Crippen molar-refractivity contribution in [2.75, 3.05) is 14.2 Å². The van der Waals surface area contributed by atoms with Crippen LogP contribution in [0, 0.1) is 0 Å². The molecule has 8 heteroatoms. The summed E-state index contributed by atoms with van der Waals surface area (Å²) in [5.41, 5.74) is 5.37. The number of ether oxygens (including phenoxy) is 2. The molecule has 2 aromatic carbocycles. The Hall–Kier alpha value is -4.07. The standard InChI is InChI=1S/C25H22N4O4/c1-29-12-17(11-26-29)15-6-7-18-19(13-32-20(18)8-15)16-9-21(30-2)23(22(10-16)31-3)25-28-27-24(33-25)14-4-5-14/h6-14H,4-5H2,1-3H3. The van der Waals surface area contributed by atoms with Crippen molar-refractivity contribution in [2.24, 2.45) is 7.05 Å². The summed E-state index contributed by atoms with van der Waals surface area (Å²) in [5, 5.41) is 13.7. The zero-order chi connectivity index (χ0) is 22.5. The van der Waals surface area contributed by atoms with Crippen LogP contribution in [0.25, 0.3) is 44.7 Å². The lowest BCUT2D eigenvalue weighted by Crippen LogP contribution is -1.95. The van der Waals surface area contributed by atoms with Gasteiger partial charge in [0, 0.05) is 35.7 Å². The molecule has 1 fully saturated rings. The van der Waals surface area contributed by atoms with Gasteiger partial charge < -0.3 is 18.3 Å². The van der Waals surface area contributed by atoms with Gasteiger partial charge in [-0.05, 0) is 48.2 Å². The van der Waals surface area contributed by atoms with Crippen molar-refractivity contribution < 1.29 is 18.3 Å². The molecule has 0 bridgehead atoms. The van der Waals surface area contributed by atoms with Crippen LogP contribution in [0.3, 0.4) is 0 Å². The number of hydrogen-bond donors (Lipinski definition) is 0. The van der Waals surface area contributed by atoms with Gasteiger partial charge in [-0.2, -0.15) is 5.10 Å². The maximum absolute atomic E-state index is 5.93. The van der Waals surface area contributed by atoms with Crippen LogP contribution in [0.4, 0.5) is 0 Å². The smallest absolute Gasteiger partial charge is 0.255 e. The van der Waals surface area contributed by atoms with Gasteiger partial charge in [0.15, 0.2) is 0 Å². The monoisotopic (exact) mass is 442 g/mol. The van der Waals surface area contributed by atoms with E-state index in [-0.39, 0.29) is 0 Å². The molecule has 6 rings (SSSR count). The number of nitrogens with zero attached hydrogens (tertiary/aromatic N) is 4. The Morgan fingerprint density at radius 2 is 1.76 bits per heavy atom. The average molecular weight is 442 g/mol. The van der Waals surface area contributed by atoms with E-state index in [9.17, 15) is 0 Å². The van der Waals surface area contributed by atoms with E-state index in [0.29, 0.717) is 34.8 Å². The number of hydrogen-bond acceptors (Lipinski definition) is 7. The average Bonchev–Trinajstić information content (AvgIpc) is 3.22. The van der Waals surface area contributed by atoms with E-state index >= 15 is 0 Å². The van der Waals surface area contributed by atoms with Crippen LogP contribution < -0.4 is 9.47 Å². The summed E-state index contributed by atoms with van der Waals surface area (Å²) in [5.74, 6) is 2.63. The second-order valence-corrected chi connectivity index (χ2v) is 8.24. The van der Waals surface area contributed by atoms with Crippen molar-refractivity contribution in [1.82, 2.24) is 20.0 Å². The number of aryl methyl sites for hydroxylation is 1. The number of fused-ring (bicyclic) bond motifs is 1. The van der Waals surface area contributed by atoms with E-state index in [0.717, 1.165) is 46.1 Å². The molecule has 3 heterocycles. The molecule has 0 atom stereocenters. The molecule has 0 saturated heterocycles. The third kappa shape index (κ3) is 3.34. The minimum atomic E-state index is 0.372. The van der Waals surface area contributed by atoms with Crippen LogP contribution in [-0.4, -0.2) is 34.2 Å². The van der Waals surface area contributed by atoms with Gasteiger partial charge in [-0.1, -0.05) is 6.07 Å². The molecule has 1 aliphatic rings. The van der Waals surface area contributed by atoms with Gasteiger partial charge in [0.25, 0.3) is 5.89 Å². The van der Waals surface area contributed by atoms with Crippen LogP contribution in [-0.2, 0) is 7.05 Å². The highest BCUT2D eigenvalue weighted by Gasteiger charge is 2.31. The normalized spacial score (nSPS) is 13.5. The number of methoxy groups -OCH3 is 2. The minimum Gasteiger partial charge on any atom is -0.496 e. The fourth-order valence-corrected chi connectivity index (χ4v) is 4.11. The summed E-state index contributed by atoms with van der Waals surface area (Å²) in [6, 6.07) is 10.0. The lowest BCUT2D eigenvalue weighted by Gasteiger charge is -2.13. The van der Waals surface area contributed by atoms with Gasteiger partial charge in [0.1, 0.15) is 22.6 Å². The van der Waals surface area contributed by atoms with Crippen LogP contribution in [0.15, 0.2) is 57.8 Å². The largest absolute Gasteiger partial charge is 0.496 e. The molecular weight excluding hydrogens is 420 g/mol. The summed E-state index contributed by atoms with van der Waals surface area (Å²) < 4.78 is 25.1.